The number of phenols is 1. The normalized spacial score (nSPS) is 11.3. The zero-order valence-corrected chi connectivity index (χ0v) is 13.4. The van der Waals surface area contributed by atoms with Gasteiger partial charge in [0, 0.05) is 35.6 Å². The molecule has 118 valence electrons. The Hall–Kier alpha value is -2.30. The first-order chi connectivity index (χ1) is 11.0. The molecule has 2 aromatic carbocycles. The summed E-state index contributed by atoms with van der Waals surface area (Å²) >= 11 is 5.89. The third kappa shape index (κ3) is 3.73. The Kier molecular flexibility index (Phi) is 4.37. The minimum Gasteiger partial charge on any atom is -0.508 e. The van der Waals surface area contributed by atoms with Gasteiger partial charge in [0.25, 0.3) is 0 Å². The maximum absolute atomic E-state index is 11.7. The average Bonchev–Trinajstić information content (AvgIpc) is 2.49. The Balaban J connectivity index is 1.85. The number of fused-ring (bicyclic) bond motifs is 1. The van der Waals surface area contributed by atoms with E-state index in [-0.39, 0.29) is 5.75 Å². The number of hydrogen-bond acceptors (Lipinski definition) is 4. The summed E-state index contributed by atoms with van der Waals surface area (Å²) in [6.07, 6.45) is 0. The van der Waals surface area contributed by atoms with Crippen molar-refractivity contribution in [3.8, 4) is 5.75 Å². The smallest absolute Gasteiger partial charge is 0.336 e. The SMILES string of the molecule is CN(Cc1ccc(Cl)cc1)Cc1cc(=O)oc2cc(O)ccc12. The van der Waals surface area contributed by atoms with E-state index >= 15 is 0 Å². The van der Waals surface area contributed by atoms with Gasteiger partial charge in [0.2, 0.25) is 0 Å². The largest absolute Gasteiger partial charge is 0.508 e. The molecule has 1 heterocycles. The number of benzene rings is 2. The second-order valence-electron chi connectivity index (χ2n) is 5.57. The summed E-state index contributed by atoms with van der Waals surface area (Å²) in [5, 5.41) is 11.1. The Morgan fingerprint density at radius 1 is 1.09 bits per heavy atom. The lowest BCUT2D eigenvalue weighted by molar-refractivity contribution is 0.319. The van der Waals surface area contributed by atoms with Crippen molar-refractivity contribution in [1.82, 2.24) is 4.90 Å². The summed E-state index contributed by atoms with van der Waals surface area (Å²) in [5.74, 6) is 0.0762. The van der Waals surface area contributed by atoms with Crippen molar-refractivity contribution in [3.05, 3.63) is 75.1 Å². The Bertz CT molecular complexity index is 887. The number of rotatable bonds is 4. The van der Waals surface area contributed by atoms with E-state index in [1.807, 2.05) is 31.3 Å². The van der Waals surface area contributed by atoms with Crippen LogP contribution >= 0.6 is 11.6 Å². The lowest BCUT2D eigenvalue weighted by atomic mass is 10.1. The number of hydrogen-bond donors (Lipinski definition) is 1. The summed E-state index contributed by atoms with van der Waals surface area (Å²) in [7, 11) is 1.98. The second-order valence-corrected chi connectivity index (χ2v) is 6.01. The number of phenolic OH excluding ortho intramolecular Hbond substituents is 1. The molecule has 1 aromatic heterocycles. The van der Waals surface area contributed by atoms with Crippen molar-refractivity contribution in [3.63, 3.8) is 0 Å². The molecule has 0 fully saturated rings. The molecule has 0 bridgehead atoms. The lowest BCUT2D eigenvalue weighted by Gasteiger charge is -2.17. The number of halogens is 1. The molecule has 23 heavy (non-hydrogen) atoms. The predicted octanol–water partition coefficient (Wildman–Crippen LogP) is 3.78. The van der Waals surface area contributed by atoms with Crippen LogP contribution < -0.4 is 5.63 Å². The molecule has 0 saturated heterocycles. The van der Waals surface area contributed by atoms with Crippen molar-refractivity contribution in [2.45, 2.75) is 13.1 Å². The summed E-state index contributed by atoms with van der Waals surface area (Å²) in [6, 6.07) is 14.0. The van der Waals surface area contributed by atoms with E-state index in [9.17, 15) is 9.90 Å². The molecule has 0 aliphatic rings. The summed E-state index contributed by atoms with van der Waals surface area (Å²) < 4.78 is 5.15. The van der Waals surface area contributed by atoms with E-state index in [1.165, 1.54) is 12.1 Å². The van der Waals surface area contributed by atoms with Crippen LogP contribution in [0.4, 0.5) is 0 Å². The van der Waals surface area contributed by atoms with Gasteiger partial charge in [-0.3, -0.25) is 4.90 Å². The molecule has 0 atom stereocenters. The topological polar surface area (TPSA) is 53.7 Å². The molecule has 3 aromatic rings. The zero-order chi connectivity index (χ0) is 16.4. The standard InChI is InChI=1S/C18H16ClNO3/c1-20(10-12-2-4-14(19)5-3-12)11-13-8-18(22)23-17-9-15(21)6-7-16(13)17/h2-9,21H,10-11H2,1H3. The third-order valence-corrected chi connectivity index (χ3v) is 3.87. The molecular weight excluding hydrogens is 314 g/mol. The van der Waals surface area contributed by atoms with Crippen LogP contribution in [0.15, 0.2) is 57.7 Å². The average molecular weight is 330 g/mol. The van der Waals surface area contributed by atoms with Crippen LogP contribution in [0.3, 0.4) is 0 Å². The van der Waals surface area contributed by atoms with Crippen molar-refractivity contribution in [1.29, 1.82) is 0 Å². The maximum Gasteiger partial charge on any atom is 0.336 e. The maximum atomic E-state index is 11.7. The van der Waals surface area contributed by atoms with E-state index in [1.54, 1.807) is 12.1 Å². The fourth-order valence-corrected chi connectivity index (χ4v) is 2.72. The Morgan fingerprint density at radius 3 is 2.57 bits per heavy atom. The zero-order valence-electron chi connectivity index (χ0n) is 12.6. The molecule has 3 rings (SSSR count). The van der Waals surface area contributed by atoms with Crippen molar-refractivity contribution >= 4 is 22.6 Å². The van der Waals surface area contributed by atoms with Crippen LogP contribution in [0.5, 0.6) is 5.75 Å². The molecule has 0 aliphatic carbocycles. The Labute approximate surface area is 138 Å². The summed E-state index contributed by atoms with van der Waals surface area (Å²) in [4.78, 5) is 13.8. The first kappa shape index (κ1) is 15.6. The van der Waals surface area contributed by atoms with Crippen LogP contribution in [0.25, 0.3) is 11.0 Å². The first-order valence-corrected chi connectivity index (χ1v) is 7.58. The van der Waals surface area contributed by atoms with Crippen LogP contribution in [0.2, 0.25) is 5.02 Å². The second kappa shape index (κ2) is 6.44. The molecule has 0 saturated carbocycles. The third-order valence-electron chi connectivity index (χ3n) is 3.62. The summed E-state index contributed by atoms with van der Waals surface area (Å²) in [5.41, 5.74) is 1.99. The van der Waals surface area contributed by atoms with E-state index in [0.717, 1.165) is 23.1 Å². The van der Waals surface area contributed by atoms with E-state index < -0.39 is 5.63 Å². The molecule has 4 nitrogen and oxygen atoms in total. The van der Waals surface area contributed by atoms with Gasteiger partial charge < -0.3 is 9.52 Å². The summed E-state index contributed by atoms with van der Waals surface area (Å²) in [6.45, 7) is 1.33. The van der Waals surface area contributed by atoms with Crippen LogP contribution in [0.1, 0.15) is 11.1 Å². The van der Waals surface area contributed by atoms with E-state index in [4.69, 9.17) is 16.0 Å². The minimum absolute atomic E-state index is 0.0762. The molecule has 0 unspecified atom stereocenters. The molecule has 0 aliphatic heterocycles. The van der Waals surface area contributed by atoms with Crippen LogP contribution in [-0.2, 0) is 13.1 Å². The van der Waals surface area contributed by atoms with Gasteiger partial charge in [-0.1, -0.05) is 23.7 Å². The predicted molar refractivity (Wildman–Crippen MR) is 90.8 cm³/mol. The highest BCUT2D eigenvalue weighted by molar-refractivity contribution is 6.30. The molecule has 0 radical (unpaired) electrons. The van der Waals surface area contributed by atoms with Gasteiger partial charge in [-0.2, -0.15) is 0 Å². The first-order valence-electron chi connectivity index (χ1n) is 7.20. The highest BCUT2D eigenvalue weighted by Crippen LogP contribution is 2.23. The van der Waals surface area contributed by atoms with Crippen LogP contribution in [-0.4, -0.2) is 17.1 Å². The highest BCUT2D eigenvalue weighted by atomic mass is 35.5. The van der Waals surface area contributed by atoms with Crippen molar-refractivity contribution in [2.75, 3.05) is 7.05 Å². The highest BCUT2D eigenvalue weighted by Gasteiger charge is 2.09. The van der Waals surface area contributed by atoms with Gasteiger partial charge in [0.1, 0.15) is 11.3 Å². The van der Waals surface area contributed by atoms with Gasteiger partial charge in [-0.15, -0.1) is 0 Å². The van der Waals surface area contributed by atoms with Crippen LogP contribution in [0, 0.1) is 0 Å². The number of aromatic hydroxyl groups is 1. The molecule has 5 heteroatoms. The van der Waals surface area contributed by atoms with E-state index in [2.05, 4.69) is 4.90 Å². The quantitative estimate of drug-likeness (QED) is 0.740. The van der Waals surface area contributed by atoms with Gasteiger partial charge in [-0.05, 0) is 42.4 Å². The molecule has 1 N–H and O–H groups in total. The number of nitrogens with zero attached hydrogens (tertiary/aromatic N) is 1. The van der Waals surface area contributed by atoms with Crippen molar-refractivity contribution < 1.29 is 9.52 Å². The van der Waals surface area contributed by atoms with E-state index in [0.29, 0.717) is 17.2 Å². The minimum atomic E-state index is -0.419. The molecule has 0 amide bonds. The lowest BCUT2D eigenvalue weighted by Crippen LogP contribution is -2.18. The molecular formula is C18H16ClNO3. The van der Waals surface area contributed by atoms with Gasteiger partial charge in [0.15, 0.2) is 0 Å². The molecule has 0 spiro atoms. The van der Waals surface area contributed by atoms with Gasteiger partial charge in [-0.25, -0.2) is 4.79 Å². The monoisotopic (exact) mass is 329 g/mol. The van der Waals surface area contributed by atoms with Gasteiger partial charge >= 0.3 is 5.63 Å². The fraction of sp³-hybridized carbons (Fsp3) is 0.167. The van der Waals surface area contributed by atoms with Crippen molar-refractivity contribution in [2.24, 2.45) is 0 Å². The van der Waals surface area contributed by atoms with Gasteiger partial charge in [0.05, 0.1) is 0 Å². The fourth-order valence-electron chi connectivity index (χ4n) is 2.60. The Morgan fingerprint density at radius 2 is 1.83 bits per heavy atom.